The van der Waals surface area contributed by atoms with Gasteiger partial charge in [0, 0.05) is 6.54 Å². The van der Waals surface area contributed by atoms with Crippen molar-refractivity contribution in [3.8, 4) is 0 Å². The summed E-state index contributed by atoms with van der Waals surface area (Å²) in [6.45, 7) is 5.95. The first-order valence-corrected chi connectivity index (χ1v) is 6.80. The highest BCUT2D eigenvalue weighted by atomic mass is 16.5. The molecule has 0 spiro atoms. The Morgan fingerprint density at radius 1 is 1.47 bits per heavy atom. The molecular formula is C14H23NO2. The van der Waals surface area contributed by atoms with Crippen LogP contribution in [0, 0.1) is 0 Å². The van der Waals surface area contributed by atoms with Gasteiger partial charge in [0.1, 0.15) is 5.54 Å². The first-order chi connectivity index (χ1) is 8.19. The van der Waals surface area contributed by atoms with Crippen LogP contribution in [0.4, 0.5) is 0 Å². The Morgan fingerprint density at radius 3 is 3.06 bits per heavy atom. The van der Waals surface area contributed by atoms with Crippen molar-refractivity contribution in [1.82, 2.24) is 4.90 Å². The molecule has 96 valence electrons. The van der Waals surface area contributed by atoms with E-state index >= 15 is 0 Å². The fraction of sp³-hybridized carbons (Fsp3) is 0.786. The normalized spacial score (nSPS) is 30.7. The highest BCUT2D eigenvalue weighted by Crippen LogP contribution is 2.35. The van der Waals surface area contributed by atoms with E-state index in [-0.39, 0.29) is 17.6 Å². The number of esters is 1. The molecule has 1 saturated heterocycles. The lowest BCUT2D eigenvalue weighted by Crippen LogP contribution is -2.59. The highest BCUT2D eigenvalue weighted by Gasteiger charge is 2.46. The number of nitrogens with zero attached hydrogens (tertiary/aromatic N) is 1. The first-order valence-electron chi connectivity index (χ1n) is 6.80. The number of carbonyl (C=O) groups excluding carboxylic acids is 1. The minimum atomic E-state index is -0.351. The third kappa shape index (κ3) is 2.39. The van der Waals surface area contributed by atoms with E-state index in [0.717, 1.165) is 38.8 Å². The summed E-state index contributed by atoms with van der Waals surface area (Å²) >= 11 is 0. The van der Waals surface area contributed by atoms with Crippen molar-refractivity contribution in [3.63, 3.8) is 0 Å². The number of hydrogen-bond acceptors (Lipinski definition) is 3. The van der Waals surface area contributed by atoms with Crippen molar-refractivity contribution in [2.24, 2.45) is 0 Å². The van der Waals surface area contributed by atoms with E-state index in [1.54, 1.807) is 0 Å². The molecule has 2 heterocycles. The maximum atomic E-state index is 12.4. The lowest BCUT2D eigenvalue weighted by molar-refractivity contribution is -0.166. The number of hydrogen-bond donors (Lipinski definition) is 0. The van der Waals surface area contributed by atoms with Crippen LogP contribution in [-0.4, -0.2) is 35.6 Å². The molecule has 0 amide bonds. The molecule has 0 N–H and O–H groups in total. The summed E-state index contributed by atoms with van der Waals surface area (Å²) in [4.78, 5) is 14.7. The summed E-state index contributed by atoms with van der Waals surface area (Å²) in [6, 6.07) is 0. The van der Waals surface area contributed by atoms with Crippen LogP contribution in [0.1, 0.15) is 46.0 Å². The molecule has 2 unspecified atom stereocenters. The predicted molar refractivity (Wildman–Crippen MR) is 67.8 cm³/mol. The Kier molecular flexibility index (Phi) is 3.87. The Morgan fingerprint density at radius 2 is 2.29 bits per heavy atom. The predicted octanol–water partition coefficient (Wildman–Crippen LogP) is 2.51. The quantitative estimate of drug-likeness (QED) is 0.558. The van der Waals surface area contributed by atoms with Crippen molar-refractivity contribution >= 4 is 5.97 Å². The van der Waals surface area contributed by atoms with Crippen LogP contribution in [0.2, 0.25) is 0 Å². The van der Waals surface area contributed by atoms with Crippen LogP contribution in [0.15, 0.2) is 12.2 Å². The van der Waals surface area contributed by atoms with E-state index in [9.17, 15) is 4.79 Å². The van der Waals surface area contributed by atoms with Gasteiger partial charge in [0.2, 0.25) is 0 Å². The Labute approximate surface area is 104 Å². The molecule has 0 aliphatic carbocycles. The lowest BCUT2D eigenvalue weighted by Gasteiger charge is -2.46. The molecule has 0 saturated carbocycles. The number of rotatable bonds is 3. The van der Waals surface area contributed by atoms with E-state index in [1.165, 1.54) is 6.42 Å². The smallest absolute Gasteiger partial charge is 0.327 e. The molecular weight excluding hydrogens is 214 g/mol. The van der Waals surface area contributed by atoms with Crippen LogP contribution in [-0.2, 0) is 9.53 Å². The zero-order chi connectivity index (χ0) is 12.3. The molecule has 17 heavy (non-hydrogen) atoms. The molecule has 0 aromatic rings. The van der Waals surface area contributed by atoms with E-state index < -0.39 is 0 Å². The number of carbonyl (C=O) groups is 1. The Balaban J connectivity index is 2.13. The zero-order valence-corrected chi connectivity index (χ0v) is 10.9. The van der Waals surface area contributed by atoms with Gasteiger partial charge in [-0.3, -0.25) is 9.69 Å². The van der Waals surface area contributed by atoms with Crippen LogP contribution < -0.4 is 0 Å². The first kappa shape index (κ1) is 12.6. The number of fused-ring (bicyclic) bond motifs is 1. The maximum absolute atomic E-state index is 12.4. The van der Waals surface area contributed by atoms with Crippen LogP contribution in [0.5, 0.6) is 0 Å². The Bertz CT molecular complexity index is 313. The van der Waals surface area contributed by atoms with Gasteiger partial charge in [-0.2, -0.15) is 0 Å². The molecule has 1 fully saturated rings. The van der Waals surface area contributed by atoms with Gasteiger partial charge in [0.05, 0.1) is 6.10 Å². The van der Waals surface area contributed by atoms with Crippen LogP contribution >= 0.6 is 0 Å². The monoisotopic (exact) mass is 237 g/mol. The second-order valence-electron chi connectivity index (χ2n) is 5.23. The minimum absolute atomic E-state index is 0.00380. The van der Waals surface area contributed by atoms with Crippen LogP contribution in [0.3, 0.4) is 0 Å². The number of ether oxygens (including phenoxy) is 1. The van der Waals surface area contributed by atoms with Crippen molar-refractivity contribution in [2.45, 2.75) is 57.6 Å². The third-order valence-electron chi connectivity index (χ3n) is 4.08. The molecule has 2 atom stereocenters. The second-order valence-corrected chi connectivity index (χ2v) is 5.23. The molecule has 2 aliphatic rings. The van der Waals surface area contributed by atoms with Gasteiger partial charge < -0.3 is 4.74 Å². The summed E-state index contributed by atoms with van der Waals surface area (Å²) < 4.78 is 5.58. The van der Waals surface area contributed by atoms with E-state index in [4.69, 9.17) is 4.74 Å². The summed E-state index contributed by atoms with van der Waals surface area (Å²) in [5.74, 6) is -0.00380. The average molecular weight is 237 g/mol. The molecule has 2 rings (SSSR count). The Hall–Kier alpha value is -0.830. The number of piperidine rings is 1. The van der Waals surface area contributed by atoms with Gasteiger partial charge in [0.25, 0.3) is 0 Å². The molecule has 3 nitrogen and oxygen atoms in total. The third-order valence-corrected chi connectivity index (χ3v) is 4.08. The molecule has 2 aliphatic heterocycles. The van der Waals surface area contributed by atoms with Gasteiger partial charge in [0.15, 0.2) is 0 Å². The van der Waals surface area contributed by atoms with E-state index in [2.05, 4.69) is 24.0 Å². The van der Waals surface area contributed by atoms with Crippen molar-refractivity contribution in [1.29, 1.82) is 0 Å². The molecule has 0 bridgehead atoms. The van der Waals surface area contributed by atoms with Crippen molar-refractivity contribution in [2.75, 3.05) is 13.1 Å². The van der Waals surface area contributed by atoms with E-state index in [0.29, 0.717) is 0 Å². The molecule has 0 aromatic carbocycles. The summed E-state index contributed by atoms with van der Waals surface area (Å²) in [5.41, 5.74) is -0.351. The molecule has 3 heteroatoms. The fourth-order valence-electron chi connectivity index (χ4n) is 2.76. The van der Waals surface area contributed by atoms with Crippen molar-refractivity contribution < 1.29 is 9.53 Å². The summed E-state index contributed by atoms with van der Waals surface area (Å²) in [6.07, 6.45) is 9.34. The van der Waals surface area contributed by atoms with Gasteiger partial charge in [-0.15, -0.1) is 0 Å². The van der Waals surface area contributed by atoms with Gasteiger partial charge in [-0.1, -0.05) is 19.1 Å². The zero-order valence-electron chi connectivity index (χ0n) is 10.9. The minimum Gasteiger partial charge on any atom is -0.461 e. The molecule has 0 aromatic heterocycles. The van der Waals surface area contributed by atoms with Gasteiger partial charge in [-0.25, -0.2) is 0 Å². The van der Waals surface area contributed by atoms with Gasteiger partial charge in [-0.05, 0) is 45.6 Å². The average Bonchev–Trinajstić information content (AvgIpc) is 2.38. The highest BCUT2D eigenvalue weighted by molar-refractivity contribution is 5.81. The van der Waals surface area contributed by atoms with E-state index in [1.807, 2.05) is 6.92 Å². The summed E-state index contributed by atoms with van der Waals surface area (Å²) in [5, 5.41) is 0. The fourth-order valence-corrected chi connectivity index (χ4v) is 2.76. The van der Waals surface area contributed by atoms with Crippen LogP contribution in [0.25, 0.3) is 0 Å². The van der Waals surface area contributed by atoms with Gasteiger partial charge >= 0.3 is 5.97 Å². The standard InChI is InChI=1S/C14H23NO2/c1-3-12(2)17-13(16)14-8-4-6-10-15(14)11-7-5-9-14/h4,6,12H,3,5,7-11H2,1-2H3. The van der Waals surface area contributed by atoms with Crippen molar-refractivity contribution in [3.05, 3.63) is 12.2 Å². The SMILES string of the molecule is CCC(C)OC(=O)C12CC=CCN1CCCC2. The second kappa shape index (κ2) is 5.21. The lowest BCUT2D eigenvalue weighted by atomic mass is 9.81. The topological polar surface area (TPSA) is 29.5 Å². The summed E-state index contributed by atoms with van der Waals surface area (Å²) in [7, 11) is 0. The molecule has 0 radical (unpaired) electrons. The largest absolute Gasteiger partial charge is 0.461 e. The maximum Gasteiger partial charge on any atom is 0.327 e.